The van der Waals surface area contributed by atoms with Crippen molar-refractivity contribution in [1.82, 2.24) is 10.3 Å². The highest BCUT2D eigenvalue weighted by Crippen LogP contribution is 2.34. The number of nitrogens with zero attached hydrogens (tertiary/aromatic N) is 1. The van der Waals surface area contributed by atoms with E-state index in [0.717, 1.165) is 30.4 Å². The Morgan fingerprint density at radius 3 is 2.81 bits per heavy atom. The van der Waals surface area contributed by atoms with E-state index in [-0.39, 0.29) is 11.9 Å². The Morgan fingerprint density at radius 1 is 1.43 bits per heavy atom. The molecule has 1 fully saturated rings. The molecule has 3 unspecified atom stereocenters. The van der Waals surface area contributed by atoms with Crippen molar-refractivity contribution in [3.63, 3.8) is 0 Å². The summed E-state index contributed by atoms with van der Waals surface area (Å²) in [5.74, 6) is 1.50. The molecule has 118 valence electrons. The van der Waals surface area contributed by atoms with Crippen LogP contribution in [0, 0.1) is 11.8 Å². The number of aromatic nitrogens is 1. The fraction of sp³-hybridized carbons (Fsp3) is 0.733. The minimum absolute atomic E-state index is 0.0804. The van der Waals surface area contributed by atoms with E-state index in [1.807, 2.05) is 0 Å². The van der Waals surface area contributed by atoms with Crippen molar-refractivity contribution in [3.8, 4) is 0 Å². The molecule has 0 aromatic carbocycles. The molecule has 0 saturated heterocycles. The van der Waals surface area contributed by atoms with Gasteiger partial charge < -0.3 is 16.4 Å². The second-order valence-corrected chi connectivity index (χ2v) is 6.84. The Hall–Kier alpha value is -1.30. The average molecular weight is 310 g/mol. The molecule has 1 heterocycles. The van der Waals surface area contributed by atoms with Gasteiger partial charge in [-0.05, 0) is 31.1 Å². The van der Waals surface area contributed by atoms with Crippen LogP contribution in [0.5, 0.6) is 0 Å². The van der Waals surface area contributed by atoms with E-state index in [0.29, 0.717) is 16.6 Å². The van der Waals surface area contributed by atoms with Crippen molar-refractivity contribution in [2.45, 2.75) is 52.5 Å². The topological polar surface area (TPSA) is 80.0 Å². The molecule has 0 spiro atoms. The fourth-order valence-corrected chi connectivity index (χ4v) is 3.88. The van der Waals surface area contributed by atoms with Gasteiger partial charge in [-0.3, -0.25) is 4.79 Å². The maximum absolute atomic E-state index is 12.4. The predicted octanol–water partition coefficient (Wildman–Crippen LogP) is 3.10. The van der Waals surface area contributed by atoms with Crippen LogP contribution in [0.15, 0.2) is 0 Å². The molecule has 21 heavy (non-hydrogen) atoms. The normalized spacial score (nSPS) is 25.0. The molecular formula is C15H26N4OS. The lowest BCUT2D eigenvalue weighted by atomic mass is 9.93. The summed E-state index contributed by atoms with van der Waals surface area (Å²) in [6.45, 7) is 7.38. The number of amides is 1. The van der Waals surface area contributed by atoms with Gasteiger partial charge in [0.2, 0.25) is 0 Å². The lowest BCUT2D eigenvalue weighted by molar-refractivity contribution is 0.0931. The van der Waals surface area contributed by atoms with E-state index in [1.54, 1.807) is 0 Å². The highest BCUT2D eigenvalue weighted by molar-refractivity contribution is 7.18. The van der Waals surface area contributed by atoms with Crippen LogP contribution in [0.1, 0.15) is 56.1 Å². The molecule has 5 nitrogen and oxygen atoms in total. The number of carbonyl (C=O) groups excluding carboxylic acids is 1. The lowest BCUT2D eigenvalue weighted by Gasteiger charge is -2.20. The fourth-order valence-electron chi connectivity index (χ4n) is 3.06. The van der Waals surface area contributed by atoms with Gasteiger partial charge in [-0.1, -0.05) is 38.5 Å². The van der Waals surface area contributed by atoms with Crippen LogP contribution in [0.3, 0.4) is 0 Å². The number of anilines is 2. The Morgan fingerprint density at radius 2 is 2.19 bits per heavy atom. The lowest BCUT2D eigenvalue weighted by Crippen LogP contribution is -2.37. The van der Waals surface area contributed by atoms with E-state index in [1.165, 1.54) is 24.2 Å². The second kappa shape index (κ2) is 7.11. The molecule has 0 radical (unpaired) electrons. The molecule has 1 saturated carbocycles. The van der Waals surface area contributed by atoms with Gasteiger partial charge in [0.1, 0.15) is 10.7 Å². The van der Waals surface area contributed by atoms with Crippen molar-refractivity contribution >= 4 is 28.2 Å². The van der Waals surface area contributed by atoms with E-state index >= 15 is 0 Å². The number of thiazole rings is 1. The molecule has 1 aromatic heterocycles. The van der Waals surface area contributed by atoms with Gasteiger partial charge in [0.25, 0.3) is 5.91 Å². The van der Waals surface area contributed by atoms with Crippen LogP contribution in [0.4, 0.5) is 10.9 Å². The van der Waals surface area contributed by atoms with Gasteiger partial charge in [-0.15, -0.1) is 0 Å². The van der Waals surface area contributed by atoms with Crippen molar-refractivity contribution in [2.75, 3.05) is 17.6 Å². The Balaban J connectivity index is 1.99. The summed E-state index contributed by atoms with van der Waals surface area (Å²) in [7, 11) is 0. The van der Waals surface area contributed by atoms with E-state index in [2.05, 4.69) is 36.4 Å². The summed E-state index contributed by atoms with van der Waals surface area (Å²) in [5.41, 5.74) is 5.87. The zero-order chi connectivity index (χ0) is 15.4. The smallest absolute Gasteiger partial charge is 0.265 e. The molecule has 0 bridgehead atoms. The van der Waals surface area contributed by atoms with Crippen molar-refractivity contribution in [1.29, 1.82) is 0 Å². The van der Waals surface area contributed by atoms with Crippen LogP contribution in [-0.4, -0.2) is 23.5 Å². The van der Waals surface area contributed by atoms with E-state index in [9.17, 15) is 4.79 Å². The third-order valence-electron chi connectivity index (χ3n) is 4.45. The van der Waals surface area contributed by atoms with Crippen LogP contribution in [0.2, 0.25) is 0 Å². The van der Waals surface area contributed by atoms with Gasteiger partial charge >= 0.3 is 0 Å². The minimum atomic E-state index is -0.0804. The molecule has 1 aliphatic rings. The van der Waals surface area contributed by atoms with Crippen molar-refractivity contribution in [3.05, 3.63) is 4.88 Å². The Bertz CT molecular complexity index is 488. The molecule has 2 rings (SSSR count). The summed E-state index contributed by atoms with van der Waals surface area (Å²) in [6.07, 6.45) is 4.45. The number of carbonyl (C=O) groups is 1. The first-order chi connectivity index (χ1) is 10.1. The van der Waals surface area contributed by atoms with Gasteiger partial charge in [0, 0.05) is 12.6 Å². The van der Waals surface area contributed by atoms with Crippen LogP contribution in [-0.2, 0) is 0 Å². The standard InChI is InChI=1S/C15H26N4OS/c1-4-8-17-15-19-13(16)12(21-15)14(20)18-11-7-6-10(5-2)9(11)3/h9-11H,4-8,16H2,1-3H3,(H,17,19)(H,18,20). The van der Waals surface area contributed by atoms with Gasteiger partial charge in [-0.2, -0.15) is 0 Å². The number of hydrogen-bond donors (Lipinski definition) is 3. The quantitative estimate of drug-likeness (QED) is 0.754. The van der Waals surface area contributed by atoms with Crippen LogP contribution >= 0.6 is 11.3 Å². The first kappa shape index (κ1) is 16.1. The summed E-state index contributed by atoms with van der Waals surface area (Å²) in [6, 6.07) is 0.260. The second-order valence-electron chi connectivity index (χ2n) is 5.84. The summed E-state index contributed by atoms with van der Waals surface area (Å²) >= 11 is 1.34. The van der Waals surface area contributed by atoms with Gasteiger partial charge in [-0.25, -0.2) is 4.98 Å². The maximum atomic E-state index is 12.4. The van der Waals surface area contributed by atoms with Gasteiger partial charge in [0.05, 0.1) is 0 Å². The molecule has 1 aliphatic carbocycles. The molecule has 1 amide bonds. The molecule has 3 atom stereocenters. The Labute approximate surface area is 130 Å². The third-order valence-corrected chi connectivity index (χ3v) is 5.48. The Kier molecular flexibility index (Phi) is 5.45. The van der Waals surface area contributed by atoms with E-state index < -0.39 is 0 Å². The highest BCUT2D eigenvalue weighted by atomic mass is 32.1. The minimum Gasteiger partial charge on any atom is -0.382 e. The van der Waals surface area contributed by atoms with Crippen molar-refractivity contribution in [2.24, 2.45) is 11.8 Å². The predicted molar refractivity (Wildman–Crippen MR) is 88.7 cm³/mol. The van der Waals surface area contributed by atoms with E-state index in [4.69, 9.17) is 5.73 Å². The number of hydrogen-bond acceptors (Lipinski definition) is 5. The highest BCUT2D eigenvalue weighted by Gasteiger charge is 2.33. The van der Waals surface area contributed by atoms with Crippen molar-refractivity contribution < 1.29 is 4.79 Å². The average Bonchev–Trinajstić information content (AvgIpc) is 3.00. The maximum Gasteiger partial charge on any atom is 0.265 e. The number of rotatable bonds is 6. The largest absolute Gasteiger partial charge is 0.382 e. The molecular weight excluding hydrogens is 284 g/mol. The number of nitrogen functional groups attached to an aromatic ring is 1. The van der Waals surface area contributed by atoms with Gasteiger partial charge in [0.15, 0.2) is 5.13 Å². The summed E-state index contributed by atoms with van der Waals surface area (Å²) in [5, 5.41) is 7.05. The zero-order valence-corrected chi connectivity index (χ0v) is 13.9. The third kappa shape index (κ3) is 3.67. The zero-order valence-electron chi connectivity index (χ0n) is 13.1. The monoisotopic (exact) mass is 310 g/mol. The number of nitrogens with one attached hydrogen (secondary N) is 2. The first-order valence-corrected chi connectivity index (χ1v) is 8.69. The molecule has 4 N–H and O–H groups in total. The molecule has 1 aromatic rings. The molecule has 0 aliphatic heterocycles. The number of nitrogens with two attached hydrogens (primary N) is 1. The molecule has 6 heteroatoms. The SMILES string of the molecule is CCCNc1nc(N)c(C(=O)NC2CCC(CC)C2C)s1. The first-order valence-electron chi connectivity index (χ1n) is 7.87. The summed E-state index contributed by atoms with van der Waals surface area (Å²) < 4.78 is 0. The van der Waals surface area contributed by atoms with Crippen LogP contribution < -0.4 is 16.4 Å². The summed E-state index contributed by atoms with van der Waals surface area (Å²) in [4.78, 5) is 17.1. The van der Waals surface area contributed by atoms with Crippen LogP contribution in [0.25, 0.3) is 0 Å².